The predicted octanol–water partition coefficient (Wildman–Crippen LogP) is 14.9. The van der Waals surface area contributed by atoms with Crippen molar-refractivity contribution < 1.29 is 4.42 Å². The molecule has 1 N–H and O–H groups in total. The number of nitrogens with zero attached hydrogens (tertiary/aromatic N) is 3. The summed E-state index contributed by atoms with van der Waals surface area (Å²) in [6, 6.07) is 74.0. The Hall–Kier alpha value is -8.54. The number of aromatic nitrogens is 1. The molecule has 14 rings (SSSR count). The van der Waals surface area contributed by atoms with Crippen LogP contribution in [0.1, 0.15) is 22.9 Å². The zero-order chi connectivity index (χ0) is 41.9. The summed E-state index contributed by atoms with van der Waals surface area (Å²) in [4.78, 5) is 10.7. The largest absolute Gasteiger partial charge is 0.455 e. The fourth-order valence-corrected chi connectivity index (χ4v) is 10.3. The lowest BCUT2D eigenvalue weighted by Gasteiger charge is -2.24. The van der Waals surface area contributed by atoms with Crippen LogP contribution in [0.25, 0.3) is 103 Å². The Labute approximate surface area is 366 Å². The molecule has 0 amide bonds. The summed E-state index contributed by atoms with van der Waals surface area (Å²) in [5, 5.41) is 20.0. The zero-order valence-corrected chi connectivity index (χ0v) is 34.5. The van der Waals surface area contributed by atoms with Gasteiger partial charge in [0.25, 0.3) is 0 Å². The molecule has 0 radical (unpaired) electrons. The highest BCUT2D eigenvalue weighted by Crippen LogP contribution is 2.45. The molecular formula is C59H36N4O. The second-order valence-corrected chi connectivity index (χ2v) is 17.0. The van der Waals surface area contributed by atoms with Gasteiger partial charge in [-0.3, -0.25) is 0 Å². The lowest BCUT2D eigenvalue weighted by Crippen LogP contribution is -2.33. The van der Waals surface area contributed by atoms with Gasteiger partial charge in [0.05, 0.1) is 16.7 Å². The van der Waals surface area contributed by atoms with Crippen LogP contribution in [0.2, 0.25) is 0 Å². The second-order valence-electron chi connectivity index (χ2n) is 17.0. The van der Waals surface area contributed by atoms with E-state index in [0.717, 1.165) is 77.2 Å². The van der Waals surface area contributed by atoms with Crippen LogP contribution in [-0.4, -0.2) is 16.2 Å². The van der Waals surface area contributed by atoms with Crippen molar-refractivity contribution in [3.63, 3.8) is 0 Å². The Kier molecular flexibility index (Phi) is 7.39. The summed E-state index contributed by atoms with van der Waals surface area (Å²) in [7, 11) is 0. The molecule has 1 aliphatic rings. The van der Waals surface area contributed by atoms with Crippen molar-refractivity contribution >= 4 is 109 Å². The molecule has 0 bridgehead atoms. The molecule has 5 nitrogen and oxygen atoms in total. The zero-order valence-electron chi connectivity index (χ0n) is 34.5. The van der Waals surface area contributed by atoms with E-state index in [4.69, 9.17) is 14.4 Å². The van der Waals surface area contributed by atoms with Crippen LogP contribution in [0.3, 0.4) is 0 Å². The number of aliphatic imine (C=N–C) groups is 2. The fraction of sp³-hybridized carbons (Fsp3) is 0.0169. The quantitative estimate of drug-likeness (QED) is 0.192. The first-order valence-electron chi connectivity index (χ1n) is 21.8. The summed E-state index contributed by atoms with van der Waals surface area (Å²) in [6.45, 7) is 0. The minimum atomic E-state index is -0.469. The molecule has 11 aromatic carbocycles. The van der Waals surface area contributed by atoms with Crippen molar-refractivity contribution in [3.8, 4) is 5.69 Å². The normalized spacial score (nSPS) is 14.4. The molecule has 0 spiro atoms. The van der Waals surface area contributed by atoms with E-state index in [1.165, 1.54) is 48.6 Å². The average Bonchev–Trinajstić information content (AvgIpc) is 3.90. The first-order chi connectivity index (χ1) is 31.7. The van der Waals surface area contributed by atoms with Gasteiger partial charge in [0.15, 0.2) is 5.84 Å². The van der Waals surface area contributed by atoms with Crippen LogP contribution in [0.4, 0.5) is 0 Å². The van der Waals surface area contributed by atoms with E-state index >= 15 is 0 Å². The van der Waals surface area contributed by atoms with Gasteiger partial charge in [-0.1, -0.05) is 170 Å². The molecule has 13 aromatic rings. The van der Waals surface area contributed by atoms with Gasteiger partial charge in [0, 0.05) is 54.4 Å². The highest BCUT2D eigenvalue weighted by molar-refractivity contribution is 6.24. The topological polar surface area (TPSA) is 54.8 Å². The molecule has 1 unspecified atom stereocenters. The monoisotopic (exact) mass is 816 g/mol. The first-order valence-corrected chi connectivity index (χ1v) is 21.8. The fourth-order valence-electron chi connectivity index (χ4n) is 10.3. The maximum Gasteiger partial charge on any atom is 0.159 e. The van der Waals surface area contributed by atoms with Gasteiger partial charge >= 0.3 is 0 Å². The maximum absolute atomic E-state index is 6.98. The highest BCUT2D eigenvalue weighted by atomic mass is 16.3. The maximum atomic E-state index is 6.98. The van der Waals surface area contributed by atoms with Crippen LogP contribution >= 0.6 is 0 Å². The Morgan fingerprint density at radius 3 is 1.81 bits per heavy atom. The number of nitrogens with one attached hydrogen (secondary N) is 1. The Bertz CT molecular complexity index is 4190. The van der Waals surface area contributed by atoms with E-state index in [1.54, 1.807) is 0 Å². The number of furan rings is 1. The van der Waals surface area contributed by atoms with Gasteiger partial charge in [0.2, 0.25) is 0 Å². The van der Waals surface area contributed by atoms with E-state index in [1.807, 2.05) is 0 Å². The lowest BCUT2D eigenvalue weighted by molar-refractivity contribution is 0.664. The van der Waals surface area contributed by atoms with Crippen LogP contribution in [0.15, 0.2) is 221 Å². The number of fused-ring (bicyclic) bond motifs is 13. The third-order valence-corrected chi connectivity index (χ3v) is 13.3. The third-order valence-electron chi connectivity index (χ3n) is 13.3. The molecule has 64 heavy (non-hydrogen) atoms. The van der Waals surface area contributed by atoms with Crippen molar-refractivity contribution in [1.29, 1.82) is 0 Å². The van der Waals surface area contributed by atoms with Crippen molar-refractivity contribution in [3.05, 3.63) is 223 Å². The predicted molar refractivity (Wildman–Crippen MR) is 267 cm³/mol. The van der Waals surface area contributed by atoms with E-state index in [0.29, 0.717) is 5.84 Å². The third kappa shape index (κ3) is 5.25. The second kappa shape index (κ2) is 13.5. The summed E-state index contributed by atoms with van der Waals surface area (Å²) >= 11 is 0. The van der Waals surface area contributed by atoms with Gasteiger partial charge in [-0.25, -0.2) is 9.98 Å². The summed E-state index contributed by atoms with van der Waals surface area (Å²) in [6.07, 6.45) is -0.469. The summed E-state index contributed by atoms with van der Waals surface area (Å²) < 4.78 is 9.48. The van der Waals surface area contributed by atoms with Crippen molar-refractivity contribution in [2.45, 2.75) is 6.17 Å². The van der Waals surface area contributed by atoms with Gasteiger partial charge in [-0.15, -0.1) is 0 Å². The van der Waals surface area contributed by atoms with E-state index in [9.17, 15) is 0 Å². The van der Waals surface area contributed by atoms with Crippen LogP contribution < -0.4 is 5.32 Å². The van der Waals surface area contributed by atoms with Crippen LogP contribution in [0, 0.1) is 0 Å². The minimum absolute atomic E-state index is 0.469. The molecule has 3 heterocycles. The van der Waals surface area contributed by atoms with Gasteiger partial charge < -0.3 is 14.3 Å². The number of rotatable bonds is 4. The van der Waals surface area contributed by atoms with Crippen molar-refractivity contribution in [1.82, 2.24) is 9.88 Å². The van der Waals surface area contributed by atoms with Crippen LogP contribution in [-0.2, 0) is 0 Å². The van der Waals surface area contributed by atoms with E-state index in [2.05, 4.69) is 216 Å². The minimum Gasteiger partial charge on any atom is -0.455 e. The molecule has 1 atom stereocenters. The molecule has 0 aliphatic carbocycles. The van der Waals surface area contributed by atoms with Gasteiger partial charge in [0.1, 0.15) is 23.2 Å². The molecular weight excluding hydrogens is 781 g/mol. The molecule has 0 saturated carbocycles. The lowest BCUT2D eigenvalue weighted by atomic mass is 9.99. The number of hydrogen-bond donors (Lipinski definition) is 1. The van der Waals surface area contributed by atoms with Gasteiger partial charge in [-0.05, 0) is 74.1 Å². The Morgan fingerprint density at radius 2 is 1.05 bits per heavy atom. The highest BCUT2D eigenvalue weighted by Gasteiger charge is 2.27. The first kappa shape index (κ1) is 35.1. The summed E-state index contributed by atoms with van der Waals surface area (Å²) in [5.41, 5.74) is 8.11. The number of hydrogen-bond acceptors (Lipinski definition) is 4. The Morgan fingerprint density at radius 1 is 0.438 bits per heavy atom. The van der Waals surface area contributed by atoms with E-state index in [-0.39, 0.29) is 0 Å². The molecule has 0 fully saturated rings. The SMILES string of the molecule is c1ccc2cc(C3=NC(c4cccc5oc6c7ccccc7c(-n7c8cc9ccccc9cc8c8ccc9ccccc9c87)cc6c45)NC(c4ccc5ccccc5c4)=N3)ccc2c1. The smallest absolute Gasteiger partial charge is 0.159 e. The molecule has 1 aliphatic heterocycles. The van der Waals surface area contributed by atoms with Crippen LogP contribution in [0.5, 0.6) is 0 Å². The summed E-state index contributed by atoms with van der Waals surface area (Å²) in [5.74, 6) is 1.45. The number of benzene rings is 11. The molecule has 5 heteroatoms. The van der Waals surface area contributed by atoms with Gasteiger partial charge in [-0.2, -0.15) is 0 Å². The molecule has 2 aromatic heterocycles. The average molecular weight is 817 g/mol. The molecule has 0 saturated heterocycles. The van der Waals surface area contributed by atoms with Crippen molar-refractivity contribution in [2.75, 3.05) is 0 Å². The van der Waals surface area contributed by atoms with E-state index < -0.39 is 6.17 Å². The molecule has 298 valence electrons. The number of amidine groups is 2. The van der Waals surface area contributed by atoms with Crippen molar-refractivity contribution in [2.24, 2.45) is 9.98 Å². The standard InChI is InChI=1S/C59H36N4O/c1-3-15-38-30-42(26-24-35(38)12-1)57-60-58(43-27-25-36-13-2-4-16-39(36)31-43)62-59(61-57)48-22-11-23-53-54(48)50-34-52(45-20-9-10-21-47(45)56(50)64-53)63-51-33-41-18-6-5-17-40(41)32-49(51)46-29-28-37-14-7-8-19-44(37)55(46)63/h1-34,59H,(H,60,61,62). The Balaban J connectivity index is 1.04.